The van der Waals surface area contributed by atoms with E-state index in [1.807, 2.05) is 6.26 Å². The molecule has 2 aliphatic carbocycles. The van der Waals surface area contributed by atoms with Crippen molar-refractivity contribution in [2.24, 2.45) is 5.92 Å². The van der Waals surface area contributed by atoms with Crippen LogP contribution in [-0.2, 0) is 27.1 Å². The van der Waals surface area contributed by atoms with Gasteiger partial charge in [0.05, 0.1) is 26.6 Å². The Kier molecular flexibility index (Phi) is 8.16. The fourth-order valence-electron chi connectivity index (χ4n) is 6.53. The molecule has 0 bridgehead atoms. The Hall–Kier alpha value is -2.37. The first kappa shape index (κ1) is 27.2. The number of fused-ring (bicyclic) bond motifs is 2. The van der Waals surface area contributed by atoms with Crippen molar-refractivity contribution in [3.8, 4) is 11.5 Å². The minimum Gasteiger partial charge on any atom is -0.490 e. The fourth-order valence-corrected chi connectivity index (χ4v) is 6.53. The second-order valence-electron chi connectivity index (χ2n) is 10.5. The molecule has 210 valence electrons. The summed E-state index contributed by atoms with van der Waals surface area (Å²) in [6.45, 7) is 1.46. The number of methoxy groups -OCH3 is 1. The lowest BCUT2D eigenvalue weighted by atomic mass is 9.75. The third-order valence-electron chi connectivity index (χ3n) is 8.42. The minimum atomic E-state index is -1.60. The highest BCUT2D eigenvalue weighted by atomic mass is 16.7. The van der Waals surface area contributed by atoms with Gasteiger partial charge in [0.1, 0.15) is 24.4 Å². The van der Waals surface area contributed by atoms with Crippen LogP contribution in [0.1, 0.15) is 68.1 Å². The van der Waals surface area contributed by atoms with Gasteiger partial charge in [0.25, 0.3) is 0 Å². The molecule has 5 rings (SSSR count). The SMILES string of the molecule is CCOC(=O)CCc1c(O[C@H]2O[C@H](CO)[C@@H](O)[C@H](O)[C@H]2O)c(OC)c2occ3c2c1CC[C@H]1CCCC[C@@H]31. The van der Waals surface area contributed by atoms with Crippen molar-refractivity contribution in [3.05, 3.63) is 23.0 Å². The minimum absolute atomic E-state index is 0.112. The number of hydrogen-bond donors (Lipinski definition) is 4. The van der Waals surface area contributed by atoms with Crippen LogP contribution in [-0.4, -0.2) is 77.4 Å². The molecule has 2 fully saturated rings. The molecule has 1 saturated heterocycles. The van der Waals surface area contributed by atoms with Gasteiger partial charge >= 0.3 is 5.97 Å². The van der Waals surface area contributed by atoms with Crippen LogP contribution >= 0.6 is 0 Å². The van der Waals surface area contributed by atoms with Crippen LogP contribution in [0.5, 0.6) is 11.5 Å². The summed E-state index contributed by atoms with van der Waals surface area (Å²) in [5, 5.41) is 41.9. The molecular formula is C28H38O10. The van der Waals surface area contributed by atoms with E-state index in [1.165, 1.54) is 20.0 Å². The average Bonchev–Trinajstić information content (AvgIpc) is 3.28. The van der Waals surface area contributed by atoms with Crippen molar-refractivity contribution >= 4 is 16.9 Å². The van der Waals surface area contributed by atoms with E-state index in [2.05, 4.69) is 0 Å². The number of furan rings is 1. The molecule has 0 radical (unpaired) electrons. The van der Waals surface area contributed by atoms with Gasteiger partial charge in [-0.3, -0.25) is 4.79 Å². The molecule has 0 spiro atoms. The van der Waals surface area contributed by atoms with Crippen LogP contribution in [0.4, 0.5) is 0 Å². The smallest absolute Gasteiger partial charge is 0.306 e. The molecule has 10 nitrogen and oxygen atoms in total. The zero-order valence-corrected chi connectivity index (χ0v) is 21.9. The zero-order chi connectivity index (χ0) is 27.0. The van der Waals surface area contributed by atoms with Gasteiger partial charge in [0.2, 0.25) is 12.0 Å². The lowest BCUT2D eigenvalue weighted by molar-refractivity contribution is -0.277. The Balaban J connectivity index is 1.62. The number of benzene rings is 1. The van der Waals surface area contributed by atoms with Gasteiger partial charge in [-0.1, -0.05) is 12.8 Å². The third-order valence-corrected chi connectivity index (χ3v) is 8.42. The van der Waals surface area contributed by atoms with Crippen molar-refractivity contribution in [2.75, 3.05) is 20.3 Å². The quantitative estimate of drug-likeness (QED) is 0.372. The summed E-state index contributed by atoms with van der Waals surface area (Å²) in [7, 11) is 1.50. The Labute approximate surface area is 221 Å². The summed E-state index contributed by atoms with van der Waals surface area (Å²) in [6, 6.07) is 0. The van der Waals surface area contributed by atoms with E-state index in [4.69, 9.17) is 23.4 Å². The molecule has 1 aromatic carbocycles. The van der Waals surface area contributed by atoms with Gasteiger partial charge < -0.3 is 43.8 Å². The summed E-state index contributed by atoms with van der Waals surface area (Å²) in [6.07, 6.45) is 1.39. The van der Waals surface area contributed by atoms with Crippen molar-refractivity contribution in [1.29, 1.82) is 0 Å². The molecule has 0 amide bonds. The number of ether oxygens (including phenoxy) is 4. The van der Waals surface area contributed by atoms with Crippen molar-refractivity contribution in [1.82, 2.24) is 0 Å². The van der Waals surface area contributed by atoms with Crippen molar-refractivity contribution in [2.45, 2.75) is 94.9 Å². The fraction of sp³-hybridized carbons (Fsp3) is 0.679. The molecule has 4 N–H and O–H groups in total. The molecule has 1 aromatic heterocycles. The zero-order valence-electron chi connectivity index (χ0n) is 21.9. The third kappa shape index (κ3) is 4.77. The normalized spacial score (nSPS) is 30.9. The van der Waals surface area contributed by atoms with E-state index in [0.717, 1.165) is 47.8 Å². The van der Waals surface area contributed by atoms with Gasteiger partial charge in [-0.2, -0.15) is 0 Å². The number of rotatable bonds is 8. The average molecular weight is 535 g/mol. The van der Waals surface area contributed by atoms with E-state index in [-0.39, 0.29) is 24.7 Å². The van der Waals surface area contributed by atoms with Crippen LogP contribution in [0, 0.1) is 5.92 Å². The highest BCUT2D eigenvalue weighted by Gasteiger charge is 2.46. The molecule has 38 heavy (non-hydrogen) atoms. The summed E-state index contributed by atoms with van der Waals surface area (Å²) in [5.74, 6) is 1.14. The highest BCUT2D eigenvalue weighted by Crippen LogP contribution is 2.52. The maximum Gasteiger partial charge on any atom is 0.306 e. The first-order chi connectivity index (χ1) is 18.4. The first-order valence-corrected chi connectivity index (χ1v) is 13.6. The molecule has 2 aromatic rings. The van der Waals surface area contributed by atoms with Crippen LogP contribution in [0.25, 0.3) is 11.0 Å². The van der Waals surface area contributed by atoms with E-state index >= 15 is 0 Å². The molecule has 1 saturated carbocycles. The van der Waals surface area contributed by atoms with Gasteiger partial charge in [0.15, 0.2) is 11.3 Å². The lowest BCUT2D eigenvalue weighted by Gasteiger charge is -2.40. The van der Waals surface area contributed by atoms with Gasteiger partial charge in [-0.15, -0.1) is 0 Å². The molecule has 0 unspecified atom stereocenters. The summed E-state index contributed by atoms with van der Waals surface area (Å²) in [5.41, 5.74) is 3.44. The number of aryl methyl sites for hydroxylation is 1. The van der Waals surface area contributed by atoms with Gasteiger partial charge in [-0.05, 0) is 56.4 Å². The van der Waals surface area contributed by atoms with Gasteiger partial charge in [0, 0.05) is 22.9 Å². The largest absolute Gasteiger partial charge is 0.490 e. The lowest BCUT2D eigenvalue weighted by Crippen LogP contribution is -2.60. The highest BCUT2D eigenvalue weighted by molar-refractivity contribution is 5.94. The number of aliphatic hydroxyl groups is 4. The maximum atomic E-state index is 12.4. The Morgan fingerprint density at radius 3 is 2.61 bits per heavy atom. The predicted octanol–water partition coefficient (Wildman–Crippen LogP) is 2.34. The van der Waals surface area contributed by atoms with Crippen LogP contribution in [0.2, 0.25) is 0 Å². The standard InChI is InChI=1S/C28H38O10/c1-3-35-20(30)11-10-17-16-9-8-14-6-4-5-7-15(14)18-13-36-26(21(16)18)27(34-2)25(17)38-28-24(33)23(32)22(31)19(12-29)37-28/h13-15,19,22-24,28-29,31-33H,3-12H2,1-2H3/t14-,15-,19-,22-,23+,24-,28-/m1/s1. The monoisotopic (exact) mass is 534 g/mol. The maximum absolute atomic E-state index is 12.4. The molecule has 10 heteroatoms. The number of carbonyl (C=O) groups excluding carboxylic acids is 1. The predicted molar refractivity (Wildman–Crippen MR) is 135 cm³/mol. The van der Waals surface area contributed by atoms with Crippen LogP contribution < -0.4 is 9.47 Å². The van der Waals surface area contributed by atoms with E-state index in [9.17, 15) is 25.2 Å². The summed E-state index contributed by atoms with van der Waals surface area (Å²) < 4.78 is 29.0. The number of hydrogen-bond acceptors (Lipinski definition) is 10. The second-order valence-corrected chi connectivity index (χ2v) is 10.5. The first-order valence-electron chi connectivity index (χ1n) is 13.6. The summed E-state index contributed by atoms with van der Waals surface area (Å²) >= 11 is 0. The Bertz CT molecular complexity index is 1140. The molecular weight excluding hydrogens is 496 g/mol. The van der Waals surface area contributed by atoms with E-state index in [1.54, 1.807) is 6.92 Å². The number of esters is 1. The van der Waals surface area contributed by atoms with E-state index in [0.29, 0.717) is 29.6 Å². The molecule has 3 aliphatic rings. The molecule has 1 aliphatic heterocycles. The van der Waals surface area contributed by atoms with Crippen molar-refractivity contribution in [3.63, 3.8) is 0 Å². The molecule has 7 atom stereocenters. The number of aliphatic hydroxyl groups excluding tert-OH is 4. The Morgan fingerprint density at radius 1 is 1.08 bits per heavy atom. The van der Waals surface area contributed by atoms with Crippen LogP contribution in [0.3, 0.4) is 0 Å². The topological polar surface area (TPSA) is 148 Å². The molecule has 2 heterocycles. The van der Waals surface area contributed by atoms with E-state index < -0.39 is 37.3 Å². The second kappa shape index (κ2) is 11.4. The number of carbonyl (C=O) groups is 1. The van der Waals surface area contributed by atoms with Crippen LogP contribution in [0.15, 0.2) is 10.7 Å². The van der Waals surface area contributed by atoms with Gasteiger partial charge in [-0.25, -0.2) is 0 Å². The Morgan fingerprint density at radius 2 is 1.87 bits per heavy atom. The summed E-state index contributed by atoms with van der Waals surface area (Å²) in [4.78, 5) is 12.4. The van der Waals surface area contributed by atoms with Crippen molar-refractivity contribution < 1.29 is 48.6 Å².